The van der Waals surface area contributed by atoms with Gasteiger partial charge in [-0.05, 0) is 57.2 Å². The number of carboxylic acids is 3. The molecule has 2 aromatic rings. The largest absolute Gasteiger partial charge is 0.480 e. The number of aliphatic imine (C=N–C) groups is 1. The van der Waals surface area contributed by atoms with Crippen molar-refractivity contribution < 1.29 is 44.0 Å². The van der Waals surface area contributed by atoms with Gasteiger partial charge in [-0.1, -0.05) is 59.6 Å². The van der Waals surface area contributed by atoms with E-state index in [1.165, 1.54) is 4.90 Å². The molecule has 3 atom stereocenters. The molecule has 0 aromatic heterocycles. The highest BCUT2D eigenvalue weighted by Gasteiger charge is 2.37. The first kappa shape index (κ1) is 40.5. The number of halogens is 2. The normalized spacial score (nSPS) is 16.1. The topological polar surface area (TPSA) is 207 Å². The number of para-hydroxylation sites is 1. The van der Waals surface area contributed by atoms with E-state index in [-0.39, 0.29) is 12.5 Å². The Morgan fingerprint density at radius 3 is 2.18 bits per heavy atom. The van der Waals surface area contributed by atoms with E-state index in [4.69, 9.17) is 38.2 Å². The third kappa shape index (κ3) is 14.6. The van der Waals surface area contributed by atoms with Crippen LogP contribution in [0.25, 0.3) is 0 Å². The van der Waals surface area contributed by atoms with Gasteiger partial charge >= 0.3 is 23.9 Å². The van der Waals surface area contributed by atoms with Gasteiger partial charge in [0.05, 0.1) is 34.9 Å². The van der Waals surface area contributed by atoms with Gasteiger partial charge in [-0.2, -0.15) is 0 Å². The molecule has 2 aromatic carbocycles. The number of aryl methyl sites for hydroxylation is 1. The third-order valence-corrected chi connectivity index (χ3v) is 7.66. The maximum absolute atomic E-state index is 12.7. The van der Waals surface area contributed by atoms with Crippen LogP contribution in [-0.2, 0) is 35.1 Å². The molecular formula is C33H41Cl2N5O9. The molecule has 4 rings (SSSR count). The summed E-state index contributed by atoms with van der Waals surface area (Å²) in [5.41, 5.74) is 1.79. The lowest BCUT2D eigenvalue weighted by Crippen LogP contribution is -2.53. The number of guanidine groups is 1. The molecule has 1 saturated heterocycles. The van der Waals surface area contributed by atoms with Crippen molar-refractivity contribution >= 4 is 64.6 Å². The maximum atomic E-state index is 12.7. The second kappa shape index (κ2) is 21.3. The van der Waals surface area contributed by atoms with Crippen molar-refractivity contribution in [2.45, 2.75) is 57.7 Å². The van der Waals surface area contributed by atoms with Gasteiger partial charge in [-0.15, -0.1) is 0 Å². The quantitative estimate of drug-likeness (QED) is 0.137. The van der Waals surface area contributed by atoms with Crippen LogP contribution < -0.4 is 16.0 Å². The molecule has 0 bridgehead atoms. The minimum Gasteiger partial charge on any atom is -0.480 e. The smallest absolute Gasteiger partial charge is 0.328 e. The summed E-state index contributed by atoms with van der Waals surface area (Å²) in [4.78, 5) is 61.0. The first-order chi connectivity index (χ1) is 23.3. The number of nitrogens with zero attached hydrogens (tertiary/aromatic N) is 2. The number of hydrogen-bond donors (Lipinski definition) is 6. The van der Waals surface area contributed by atoms with Gasteiger partial charge in [0.2, 0.25) is 5.91 Å². The first-order valence-corrected chi connectivity index (χ1v) is 16.2. The second-order valence-corrected chi connectivity index (χ2v) is 11.4. The Bertz CT molecular complexity index is 1450. The van der Waals surface area contributed by atoms with E-state index < -0.39 is 42.0 Å². The van der Waals surface area contributed by atoms with Gasteiger partial charge in [0.1, 0.15) is 12.1 Å². The van der Waals surface area contributed by atoms with Crippen LogP contribution in [0, 0.1) is 0 Å². The molecule has 49 heavy (non-hydrogen) atoms. The number of likely N-dealkylation sites (tertiary alicyclic amines) is 1. The standard InChI is InChI=1S/C20H28N2O5.C9H9Cl2N3.C4H4O4/c1-3-27-20(26)16(12-11-15-8-5-4-6-9-15)21-14(2)18(23)22-13-7-10-17(22)19(24)25;10-6-2-1-3-7(11)8(6)14-9-12-4-5-13-9;5-3(6)1-2-4(7)8/h4-6,8-9,14,16-17,21H,3,7,10-13H2,1-2H3,(H,24,25);1-3H,4-5H2,(H2,12,13,14);1-2H,(H,5,6)(H,7,8)/b;;2-1-/t14-,16-,17-;;/m0../s1. The van der Waals surface area contributed by atoms with Gasteiger partial charge in [-0.3, -0.25) is 19.9 Å². The van der Waals surface area contributed by atoms with Gasteiger partial charge in [0.25, 0.3) is 0 Å². The Kier molecular flexibility index (Phi) is 17.6. The number of esters is 1. The average molecular weight is 723 g/mol. The average Bonchev–Trinajstić information content (AvgIpc) is 3.78. The molecular weight excluding hydrogens is 681 g/mol. The van der Waals surface area contributed by atoms with Crippen LogP contribution in [0.4, 0.5) is 5.69 Å². The maximum Gasteiger partial charge on any atom is 0.328 e. The molecule has 0 spiro atoms. The van der Waals surface area contributed by atoms with E-state index in [1.807, 2.05) is 30.3 Å². The van der Waals surface area contributed by atoms with Crippen LogP contribution in [0.2, 0.25) is 10.0 Å². The Morgan fingerprint density at radius 2 is 1.65 bits per heavy atom. The lowest BCUT2D eigenvalue weighted by atomic mass is 10.0. The van der Waals surface area contributed by atoms with Crippen LogP contribution in [-0.4, -0.2) is 100 Å². The van der Waals surface area contributed by atoms with Crippen LogP contribution in [0.3, 0.4) is 0 Å². The van der Waals surface area contributed by atoms with Crippen molar-refractivity contribution in [3.63, 3.8) is 0 Å². The first-order valence-electron chi connectivity index (χ1n) is 15.5. The second-order valence-electron chi connectivity index (χ2n) is 10.6. The number of ether oxygens (including phenoxy) is 1. The summed E-state index contributed by atoms with van der Waals surface area (Å²) in [7, 11) is 0. The summed E-state index contributed by atoms with van der Waals surface area (Å²) in [6, 6.07) is 13.1. The zero-order valence-electron chi connectivity index (χ0n) is 27.1. The number of nitrogens with one attached hydrogen (secondary N) is 3. The van der Waals surface area contributed by atoms with E-state index >= 15 is 0 Å². The number of benzene rings is 2. The summed E-state index contributed by atoms with van der Waals surface area (Å²) in [5, 5.41) is 35.3. The highest BCUT2D eigenvalue weighted by Crippen LogP contribution is 2.29. The van der Waals surface area contributed by atoms with Gasteiger partial charge in [-0.25, -0.2) is 14.4 Å². The summed E-state index contributed by atoms with van der Waals surface area (Å²) in [5.74, 6) is -3.47. The monoisotopic (exact) mass is 721 g/mol. The zero-order chi connectivity index (χ0) is 36.3. The van der Waals surface area contributed by atoms with Gasteiger partial charge < -0.3 is 35.6 Å². The zero-order valence-corrected chi connectivity index (χ0v) is 28.6. The van der Waals surface area contributed by atoms with Crippen molar-refractivity contribution in [3.05, 3.63) is 76.3 Å². The number of anilines is 1. The van der Waals surface area contributed by atoms with E-state index in [0.29, 0.717) is 60.1 Å². The molecule has 266 valence electrons. The Balaban J connectivity index is 0.000000312. The van der Waals surface area contributed by atoms with E-state index in [9.17, 15) is 29.1 Å². The predicted octanol–water partition coefficient (Wildman–Crippen LogP) is 3.68. The van der Waals surface area contributed by atoms with E-state index in [0.717, 1.165) is 24.6 Å². The van der Waals surface area contributed by atoms with Crippen molar-refractivity contribution in [3.8, 4) is 0 Å². The van der Waals surface area contributed by atoms with Gasteiger partial charge in [0, 0.05) is 25.2 Å². The molecule has 16 heteroatoms. The molecule has 2 aliphatic rings. The molecule has 0 aliphatic carbocycles. The molecule has 6 N–H and O–H groups in total. The number of carbonyl (C=O) groups is 5. The Hall–Kier alpha value is -4.66. The summed E-state index contributed by atoms with van der Waals surface area (Å²) >= 11 is 12.0. The molecule has 1 amide bonds. The third-order valence-electron chi connectivity index (χ3n) is 7.03. The molecule has 2 heterocycles. The number of carbonyl (C=O) groups excluding carboxylic acids is 2. The predicted molar refractivity (Wildman–Crippen MR) is 185 cm³/mol. The highest BCUT2D eigenvalue weighted by molar-refractivity contribution is 6.39. The van der Waals surface area contributed by atoms with Crippen molar-refractivity contribution in [1.82, 2.24) is 15.5 Å². The van der Waals surface area contributed by atoms with Crippen LogP contribution in [0.15, 0.2) is 65.7 Å². The number of carboxylic acid groups (broad SMARTS) is 3. The fraction of sp³-hybridized carbons (Fsp3) is 0.394. The van der Waals surface area contributed by atoms with E-state index in [1.54, 1.807) is 32.0 Å². The van der Waals surface area contributed by atoms with E-state index in [2.05, 4.69) is 20.9 Å². The lowest BCUT2D eigenvalue weighted by molar-refractivity contribution is -0.150. The highest BCUT2D eigenvalue weighted by atomic mass is 35.5. The van der Waals surface area contributed by atoms with Crippen LogP contribution in [0.5, 0.6) is 0 Å². The van der Waals surface area contributed by atoms with Crippen LogP contribution in [0.1, 0.15) is 38.7 Å². The van der Waals surface area contributed by atoms with Crippen molar-refractivity contribution in [1.29, 1.82) is 0 Å². The molecule has 0 radical (unpaired) electrons. The molecule has 2 aliphatic heterocycles. The molecule has 0 saturated carbocycles. The van der Waals surface area contributed by atoms with Gasteiger partial charge in [0.15, 0.2) is 5.96 Å². The van der Waals surface area contributed by atoms with Crippen molar-refractivity contribution in [2.75, 3.05) is 31.6 Å². The summed E-state index contributed by atoms with van der Waals surface area (Å²) in [6.45, 7) is 5.72. The number of rotatable bonds is 12. The lowest BCUT2D eigenvalue weighted by Gasteiger charge is -2.27. The summed E-state index contributed by atoms with van der Waals surface area (Å²) in [6.07, 6.45) is 3.40. The Morgan fingerprint density at radius 1 is 1.02 bits per heavy atom. The molecule has 1 fully saturated rings. The minimum atomic E-state index is -1.26. The summed E-state index contributed by atoms with van der Waals surface area (Å²) < 4.78 is 5.14. The fourth-order valence-electron chi connectivity index (χ4n) is 4.74. The minimum absolute atomic E-state index is 0.262. The fourth-order valence-corrected chi connectivity index (χ4v) is 5.23. The Labute approximate surface area is 294 Å². The van der Waals surface area contributed by atoms with Crippen LogP contribution >= 0.6 is 23.2 Å². The molecule has 0 unspecified atom stereocenters. The SMILES string of the molecule is CCOC(=O)[C@H](CCc1ccccc1)N[C@@H](C)C(=O)N1CCC[C@H]1C(=O)O.Clc1cccc(Cl)c1NC1=NCCN1.O=C(O)/C=C\C(=O)O. The number of amides is 1. The number of aliphatic carboxylic acids is 3. The van der Waals surface area contributed by atoms with Crippen molar-refractivity contribution in [2.24, 2.45) is 4.99 Å². The molecule has 14 nitrogen and oxygen atoms in total. The number of hydrogen-bond acceptors (Lipinski definition) is 10.